The Bertz CT molecular complexity index is 523. The van der Waals surface area contributed by atoms with E-state index in [4.69, 9.17) is 16.6 Å². The van der Waals surface area contributed by atoms with Crippen molar-refractivity contribution in [3.8, 4) is 0 Å². The number of aryl methyl sites for hydroxylation is 1. The van der Waals surface area contributed by atoms with Crippen LogP contribution < -0.4 is 0 Å². The predicted molar refractivity (Wildman–Crippen MR) is 63.1 cm³/mol. The lowest BCUT2D eigenvalue weighted by atomic mass is 10.3. The average Bonchev–Trinajstić information content (AvgIpc) is 2.88. The van der Waals surface area contributed by atoms with Crippen molar-refractivity contribution >= 4 is 18.4 Å². The van der Waals surface area contributed by atoms with E-state index in [1.165, 1.54) is 0 Å². The van der Waals surface area contributed by atoms with Crippen molar-refractivity contribution in [1.82, 2.24) is 14.9 Å². The van der Waals surface area contributed by atoms with Crippen molar-refractivity contribution in [2.75, 3.05) is 0 Å². The van der Waals surface area contributed by atoms with Crippen molar-refractivity contribution < 1.29 is 4.42 Å². The molecule has 6 heteroatoms. The zero-order valence-corrected chi connectivity index (χ0v) is 9.70. The molecule has 2 heterocycles. The number of hydrogen-bond acceptors (Lipinski definition) is 4. The topological polar surface area (TPSA) is 59.1 Å². The van der Waals surface area contributed by atoms with E-state index < -0.39 is 0 Å². The van der Waals surface area contributed by atoms with Gasteiger partial charge in [-0.2, -0.15) is 14.9 Å². The molecule has 0 aliphatic rings. The molecule has 16 heavy (non-hydrogen) atoms. The molecule has 0 radical (unpaired) electrons. The van der Waals surface area contributed by atoms with Crippen LogP contribution in [0.25, 0.3) is 0 Å². The van der Waals surface area contributed by atoms with Gasteiger partial charge in [0.2, 0.25) is 4.77 Å². The molecule has 0 aliphatic carbocycles. The first-order chi connectivity index (χ1) is 7.81. The standard InChI is InChI=1S/C10H12N4OS/c1-2-4-9-12-13-10(16)14(9)11-7-8-5-3-6-15-8/h3,5-7H,2,4H2,1H3,(H,13,16)/b11-7+. The largest absolute Gasteiger partial charge is 0.463 e. The number of nitrogens with zero attached hydrogens (tertiary/aromatic N) is 3. The smallest absolute Gasteiger partial charge is 0.216 e. The van der Waals surface area contributed by atoms with Gasteiger partial charge in [0.1, 0.15) is 5.76 Å². The summed E-state index contributed by atoms with van der Waals surface area (Å²) in [7, 11) is 0. The van der Waals surface area contributed by atoms with Gasteiger partial charge in [-0.1, -0.05) is 6.92 Å². The molecule has 2 rings (SSSR count). The fraction of sp³-hybridized carbons (Fsp3) is 0.300. The maximum Gasteiger partial charge on any atom is 0.216 e. The minimum atomic E-state index is 0.492. The van der Waals surface area contributed by atoms with Crippen molar-refractivity contribution in [3.05, 3.63) is 34.8 Å². The molecule has 0 spiro atoms. The van der Waals surface area contributed by atoms with Crippen LogP contribution in [0.15, 0.2) is 27.9 Å². The van der Waals surface area contributed by atoms with Gasteiger partial charge in [0.05, 0.1) is 12.5 Å². The van der Waals surface area contributed by atoms with E-state index in [2.05, 4.69) is 22.2 Å². The van der Waals surface area contributed by atoms with Crippen LogP contribution in [0.4, 0.5) is 0 Å². The summed E-state index contributed by atoms with van der Waals surface area (Å²) in [6.07, 6.45) is 5.05. The highest BCUT2D eigenvalue weighted by molar-refractivity contribution is 7.71. The molecule has 2 aromatic heterocycles. The second kappa shape index (κ2) is 4.89. The number of H-pyrrole nitrogens is 1. The molecule has 5 nitrogen and oxygen atoms in total. The Morgan fingerprint density at radius 1 is 1.69 bits per heavy atom. The van der Waals surface area contributed by atoms with Gasteiger partial charge in [-0.05, 0) is 30.8 Å². The van der Waals surface area contributed by atoms with E-state index in [0.29, 0.717) is 10.5 Å². The Morgan fingerprint density at radius 3 is 3.25 bits per heavy atom. The lowest BCUT2D eigenvalue weighted by Crippen LogP contribution is -1.98. The van der Waals surface area contributed by atoms with Crippen molar-refractivity contribution in [2.45, 2.75) is 19.8 Å². The minimum Gasteiger partial charge on any atom is -0.463 e. The molecule has 1 N–H and O–H groups in total. The minimum absolute atomic E-state index is 0.492. The third-order valence-corrected chi connectivity index (χ3v) is 2.30. The zero-order chi connectivity index (χ0) is 11.4. The zero-order valence-electron chi connectivity index (χ0n) is 8.88. The van der Waals surface area contributed by atoms with Crippen LogP contribution in [0.5, 0.6) is 0 Å². The molecule has 84 valence electrons. The lowest BCUT2D eigenvalue weighted by molar-refractivity contribution is 0.559. The Labute approximate surface area is 97.8 Å². The molecule has 0 aromatic carbocycles. The Kier molecular flexibility index (Phi) is 3.31. The van der Waals surface area contributed by atoms with Gasteiger partial charge < -0.3 is 4.42 Å². The van der Waals surface area contributed by atoms with Crippen LogP contribution in [-0.4, -0.2) is 21.1 Å². The Balaban J connectivity index is 2.26. The van der Waals surface area contributed by atoms with E-state index in [9.17, 15) is 0 Å². The highest BCUT2D eigenvalue weighted by Crippen LogP contribution is 2.02. The first-order valence-electron chi connectivity index (χ1n) is 5.05. The van der Waals surface area contributed by atoms with Crippen molar-refractivity contribution in [1.29, 1.82) is 0 Å². The maximum atomic E-state index is 5.14. The van der Waals surface area contributed by atoms with E-state index in [-0.39, 0.29) is 0 Å². The van der Waals surface area contributed by atoms with Gasteiger partial charge in [-0.3, -0.25) is 5.10 Å². The second-order valence-corrected chi connectivity index (χ2v) is 3.65. The SMILES string of the molecule is CCCc1n[nH]c(=S)n1/N=C/c1ccco1. The van der Waals surface area contributed by atoms with Crippen LogP contribution in [0.1, 0.15) is 24.9 Å². The van der Waals surface area contributed by atoms with Gasteiger partial charge in [0.25, 0.3) is 0 Å². The maximum absolute atomic E-state index is 5.14. The summed E-state index contributed by atoms with van der Waals surface area (Å²) in [6, 6.07) is 3.63. The molecule has 0 amide bonds. The third kappa shape index (κ3) is 2.27. The third-order valence-electron chi connectivity index (χ3n) is 2.03. The molecule has 0 saturated heterocycles. The molecule has 2 aromatic rings. The summed E-state index contributed by atoms with van der Waals surface area (Å²) >= 11 is 5.08. The van der Waals surface area contributed by atoms with Gasteiger partial charge >= 0.3 is 0 Å². The van der Waals surface area contributed by atoms with E-state index in [1.807, 2.05) is 12.1 Å². The molecule has 0 fully saturated rings. The Hall–Kier alpha value is -1.69. The molecule has 0 aliphatic heterocycles. The van der Waals surface area contributed by atoms with Gasteiger partial charge in [-0.15, -0.1) is 0 Å². The summed E-state index contributed by atoms with van der Waals surface area (Å²) in [4.78, 5) is 0. The predicted octanol–water partition coefficient (Wildman–Crippen LogP) is 2.37. The monoisotopic (exact) mass is 236 g/mol. The summed E-state index contributed by atoms with van der Waals surface area (Å²) in [5.41, 5.74) is 0. The molecular formula is C10H12N4OS. The fourth-order valence-corrected chi connectivity index (χ4v) is 1.51. The van der Waals surface area contributed by atoms with Gasteiger partial charge in [0.15, 0.2) is 5.82 Å². The fourth-order valence-electron chi connectivity index (χ4n) is 1.31. The average molecular weight is 236 g/mol. The van der Waals surface area contributed by atoms with Crippen LogP contribution in [-0.2, 0) is 6.42 Å². The first-order valence-corrected chi connectivity index (χ1v) is 5.46. The summed E-state index contributed by atoms with van der Waals surface area (Å²) in [5.74, 6) is 1.51. The first kappa shape index (κ1) is 10.8. The number of nitrogens with one attached hydrogen (secondary N) is 1. The lowest BCUT2D eigenvalue weighted by Gasteiger charge is -1.96. The number of aromatic amines is 1. The second-order valence-electron chi connectivity index (χ2n) is 3.27. The molecule has 0 bridgehead atoms. The number of hydrogen-bond donors (Lipinski definition) is 1. The highest BCUT2D eigenvalue weighted by Gasteiger charge is 2.02. The summed E-state index contributed by atoms with van der Waals surface area (Å²) < 4.78 is 7.25. The van der Waals surface area contributed by atoms with E-state index in [1.54, 1.807) is 17.2 Å². The number of aromatic nitrogens is 3. The molecule has 0 unspecified atom stereocenters. The summed E-state index contributed by atoms with van der Waals surface area (Å²) in [6.45, 7) is 2.08. The van der Waals surface area contributed by atoms with E-state index in [0.717, 1.165) is 18.7 Å². The van der Waals surface area contributed by atoms with Crippen molar-refractivity contribution in [2.24, 2.45) is 5.10 Å². The van der Waals surface area contributed by atoms with Crippen LogP contribution in [0.2, 0.25) is 0 Å². The van der Waals surface area contributed by atoms with Gasteiger partial charge in [0, 0.05) is 6.42 Å². The normalized spacial score (nSPS) is 11.3. The van der Waals surface area contributed by atoms with Crippen LogP contribution in [0.3, 0.4) is 0 Å². The summed E-state index contributed by atoms with van der Waals surface area (Å²) in [5, 5.41) is 11.1. The molecular weight excluding hydrogens is 224 g/mol. The van der Waals surface area contributed by atoms with Gasteiger partial charge in [-0.25, -0.2) is 0 Å². The van der Waals surface area contributed by atoms with E-state index >= 15 is 0 Å². The Morgan fingerprint density at radius 2 is 2.56 bits per heavy atom. The number of rotatable bonds is 4. The van der Waals surface area contributed by atoms with Crippen molar-refractivity contribution in [3.63, 3.8) is 0 Å². The molecule has 0 atom stereocenters. The number of furan rings is 1. The molecule has 0 saturated carbocycles. The van der Waals surface area contributed by atoms with Crippen LogP contribution >= 0.6 is 12.2 Å². The highest BCUT2D eigenvalue weighted by atomic mass is 32.1. The van der Waals surface area contributed by atoms with Crippen LogP contribution in [0, 0.1) is 4.77 Å². The quantitative estimate of drug-likeness (QED) is 0.655.